The van der Waals surface area contributed by atoms with Crippen molar-refractivity contribution in [3.63, 3.8) is 0 Å². The molecule has 2 rings (SSSR count). The van der Waals surface area contributed by atoms with Crippen LogP contribution in [-0.2, 0) is 11.3 Å². The van der Waals surface area contributed by atoms with Gasteiger partial charge in [-0.25, -0.2) is 0 Å². The number of rotatable bonds is 9. The first-order valence-electron chi connectivity index (χ1n) is 7.86. The Hall–Kier alpha value is -1.08. The average Bonchev–Trinajstić information content (AvgIpc) is 3.15. The van der Waals surface area contributed by atoms with Gasteiger partial charge in [-0.3, -0.25) is 9.69 Å². The number of aromatic nitrogens is 2. The molecule has 124 valence electrons. The largest absolute Gasteiger partial charge is 0.344 e. The maximum Gasteiger partial charge on any atom is 0.240 e. The van der Waals surface area contributed by atoms with Crippen molar-refractivity contribution in [2.45, 2.75) is 38.5 Å². The van der Waals surface area contributed by atoms with E-state index in [4.69, 9.17) is 4.52 Å². The van der Waals surface area contributed by atoms with Crippen LogP contribution in [0.4, 0.5) is 0 Å². The number of amides is 1. The van der Waals surface area contributed by atoms with Crippen molar-refractivity contribution in [1.82, 2.24) is 19.9 Å². The normalized spacial score (nSPS) is 16.0. The van der Waals surface area contributed by atoms with E-state index >= 15 is 0 Å². The lowest BCUT2D eigenvalue weighted by Crippen LogP contribution is -2.37. The molecule has 22 heavy (non-hydrogen) atoms. The molecule has 1 aliphatic rings. The summed E-state index contributed by atoms with van der Waals surface area (Å²) < 4.78 is 5.28. The van der Waals surface area contributed by atoms with Gasteiger partial charge in [-0.1, -0.05) is 12.1 Å². The fraction of sp³-hybridized carbons (Fsp3) is 0.800. The molecule has 7 heteroatoms. The molecule has 0 radical (unpaired) electrons. The summed E-state index contributed by atoms with van der Waals surface area (Å²) in [4.78, 5) is 20.3. The molecule has 0 N–H and O–H groups in total. The van der Waals surface area contributed by atoms with Crippen LogP contribution >= 0.6 is 11.8 Å². The molecule has 1 heterocycles. The van der Waals surface area contributed by atoms with E-state index in [1.54, 1.807) is 11.8 Å². The smallest absolute Gasteiger partial charge is 0.240 e. The lowest BCUT2D eigenvalue weighted by molar-refractivity contribution is -0.131. The molecule has 1 saturated carbocycles. The summed E-state index contributed by atoms with van der Waals surface area (Å²) in [6, 6.07) is 0. The van der Waals surface area contributed by atoms with Crippen LogP contribution < -0.4 is 0 Å². The number of thioether (sulfide) groups is 1. The van der Waals surface area contributed by atoms with Crippen molar-refractivity contribution >= 4 is 17.7 Å². The van der Waals surface area contributed by atoms with Gasteiger partial charge < -0.3 is 9.42 Å². The van der Waals surface area contributed by atoms with Gasteiger partial charge >= 0.3 is 0 Å². The first kappa shape index (κ1) is 17.3. The second kappa shape index (κ2) is 7.97. The molecule has 1 aliphatic carbocycles. The fourth-order valence-corrected chi connectivity index (χ4v) is 2.99. The number of likely N-dealkylation sites (N-methyl/N-ethyl adjacent to an activating group) is 2. The molecule has 0 saturated heterocycles. The third-order valence-corrected chi connectivity index (χ3v) is 4.77. The molecule has 0 aromatic carbocycles. The van der Waals surface area contributed by atoms with Gasteiger partial charge in [0, 0.05) is 13.6 Å². The predicted molar refractivity (Wildman–Crippen MR) is 87.5 cm³/mol. The zero-order chi connectivity index (χ0) is 16.1. The highest BCUT2D eigenvalue weighted by molar-refractivity contribution is 7.99. The van der Waals surface area contributed by atoms with Crippen LogP contribution in [0.15, 0.2) is 4.52 Å². The van der Waals surface area contributed by atoms with Gasteiger partial charge in [0.25, 0.3) is 0 Å². The molecule has 0 bridgehead atoms. The molecule has 1 aromatic rings. The van der Waals surface area contributed by atoms with Crippen LogP contribution in [0.1, 0.15) is 43.7 Å². The van der Waals surface area contributed by atoms with Gasteiger partial charge in [-0.05, 0) is 38.5 Å². The Morgan fingerprint density at radius 1 is 1.45 bits per heavy atom. The summed E-state index contributed by atoms with van der Waals surface area (Å²) >= 11 is 1.78. The fourth-order valence-electron chi connectivity index (χ4n) is 2.25. The number of carbonyl (C=O) groups is 1. The lowest BCUT2D eigenvalue weighted by atomic mass is 10.3. The highest BCUT2D eigenvalue weighted by Crippen LogP contribution is 2.29. The molecule has 1 aromatic heterocycles. The first-order chi connectivity index (χ1) is 10.5. The molecule has 6 nitrogen and oxygen atoms in total. The summed E-state index contributed by atoms with van der Waals surface area (Å²) in [5.74, 6) is 3.18. The summed E-state index contributed by atoms with van der Waals surface area (Å²) in [6.45, 7) is 5.94. The maximum atomic E-state index is 12.1. The Balaban J connectivity index is 1.78. The van der Waals surface area contributed by atoms with Crippen molar-refractivity contribution in [3.8, 4) is 0 Å². The molecule has 1 amide bonds. The minimum atomic E-state index is 0.143. The van der Waals surface area contributed by atoms with Gasteiger partial charge in [-0.2, -0.15) is 16.7 Å². The van der Waals surface area contributed by atoms with Crippen LogP contribution in [0.2, 0.25) is 0 Å². The molecule has 1 unspecified atom stereocenters. The van der Waals surface area contributed by atoms with Gasteiger partial charge in [0.05, 0.1) is 18.3 Å². The Bertz CT molecular complexity index is 490. The van der Waals surface area contributed by atoms with E-state index in [1.807, 2.05) is 23.9 Å². The standard InChI is InChI=1S/C15H26N4O2S/c1-5-22-11(2)15-16-13(21-17-15)9-18(3)10-14(20)19(4)8-12-6-7-12/h11-12H,5-10H2,1-4H3. The van der Waals surface area contributed by atoms with E-state index in [0.29, 0.717) is 19.0 Å². The summed E-state index contributed by atoms with van der Waals surface area (Å²) in [5.41, 5.74) is 0. The number of hydrogen-bond donors (Lipinski definition) is 0. The third kappa shape index (κ3) is 5.28. The second-order valence-corrected chi connectivity index (χ2v) is 7.65. The van der Waals surface area contributed by atoms with Crippen LogP contribution in [0, 0.1) is 5.92 Å². The monoisotopic (exact) mass is 326 g/mol. The molecular weight excluding hydrogens is 300 g/mol. The van der Waals surface area contributed by atoms with Crippen LogP contribution in [-0.4, -0.2) is 58.8 Å². The number of carbonyl (C=O) groups excluding carboxylic acids is 1. The molecule has 0 spiro atoms. The SMILES string of the molecule is CCSC(C)c1noc(CN(C)CC(=O)N(C)CC2CC2)n1. The minimum absolute atomic E-state index is 0.143. The summed E-state index contributed by atoms with van der Waals surface area (Å²) in [7, 11) is 3.78. The van der Waals surface area contributed by atoms with Crippen LogP contribution in [0.3, 0.4) is 0 Å². The zero-order valence-electron chi connectivity index (χ0n) is 13.9. The van der Waals surface area contributed by atoms with Gasteiger partial charge in [0.1, 0.15) is 0 Å². The topological polar surface area (TPSA) is 62.5 Å². The average molecular weight is 326 g/mol. The third-order valence-electron chi connectivity index (χ3n) is 3.73. The Morgan fingerprint density at radius 3 is 2.82 bits per heavy atom. The minimum Gasteiger partial charge on any atom is -0.344 e. The van der Waals surface area contributed by atoms with Crippen molar-refractivity contribution in [3.05, 3.63) is 11.7 Å². The summed E-state index contributed by atoms with van der Waals surface area (Å²) in [6.07, 6.45) is 2.51. The van der Waals surface area contributed by atoms with Gasteiger partial charge in [0.2, 0.25) is 11.8 Å². The van der Waals surface area contributed by atoms with Crippen LogP contribution in [0.5, 0.6) is 0 Å². The number of hydrogen-bond acceptors (Lipinski definition) is 6. The van der Waals surface area contributed by atoms with Crippen molar-refractivity contribution in [2.24, 2.45) is 5.92 Å². The molecule has 1 fully saturated rings. The van der Waals surface area contributed by atoms with Crippen molar-refractivity contribution < 1.29 is 9.32 Å². The highest BCUT2D eigenvalue weighted by atomic mass is 32.2. The highest BCUT2D eigenvalue weighted by Gasteiger charge is 2.25. The molecular formula is C15H26N4O2S. The first-order valence-corrected chi connectivity index (χ1v) is 8.91. The van der Waals surface area contributed by atoms with Crippen molar-refractivity contribution in [1.29, 1.82) is 0 Å². The zero-order valence-corrected chi connectivity index (χ0v) is 14.7. The lowest BCUT2D eigenvalue weighted by Gasteiger charge is -2.20. The maximum absolute atomic E-state index is 12.1. The van der Waals surface area contributed by atoms with E-state index in [2.05, 4.69) is 24.0 Å². The quantitative estimate of drug-likeness (QED) is 0.693. The van der Waals surface area contributed by atoms with Gasteiger partial charge in [0.15, 0.2) is 5.82 Å². The number of nitrogens with zero attached hydrogens (tertiary/aromatic N) is 4. The second-order valence-electron chi connectivity index (χ2n) is 6.03. The Labute approximate surface area is 136 Å². The summed E-state index contributed by atoms with van der Waals surface area (Å²) in [5, 5.41) is 4.26. The van der Waals surface area contributed by atoms with E-state index in [9.17, 15) is 4.79 Å². The molecule has 0 aliphatic heterocycles. The predicted octanol–water partition coefficient (Wildman–Crippen LogP) is 2.18. The van der Waals surface area contributed by atoms with E-state index in [1.165, 1.54) is 12.8 Å². The molecule has 1 atom stereocenters. The van der Waals surface area contributed by atoms with E-state index in [0.717, 1.165) is 24.0 Å². The van der Waals surface area contributed by atoms with Crippen molar-refractivity contribution in [2.75, 3.05) is 32.9 Å². The van der Waals surface area contributed by atoms with Gasteiger partial charge in [-0.15, -0.1) is 0 Å². The van der Waals surface area contributed by atoms with Crippen LogP contribution in [0.25, 0.3) is 0 Å². The van der Waals surface area contributed by atoms with E-state index in [-0.39, 0.29) is 11.2 Å². The Morgan fingerprint density at radius 2 is 2.18 bits per heavy atom. The Kier molecular flexibility index (Phi) is 6.26. The van der Waals surface area contributed by atoms with E-state index < -0.39 is 0 Å².